The topological polar surface area (TPSA) is 66.0 Å². The van der Waals surface area contributed by atoms with Gasteiger partial charge in [0.2, 0.25) is 0 Å². The van der Waals surface area contributed by atoms with Crippen LogP contribution in [0.4, 0.5) is 0 Å². The zero-order valence-corrected chi connectivity index (χ0v) is 14.0. The van der Waals surface area contributed by atoms with E-state index in [9.17, 15) is 0 Å². The minimum Gasteiger partial charge on any atom is -0.496 e. The predicted molar refractivity (Wildman–Crippen MR) is 92.5 cm³/mol. The highest BCUT2D eigenvalue weighted by Crippen LogP contribution is 2.32. The summed E-state index contributed by atoms with van der Waals surface area (Å²) in [5.74, 6) is 1.62. The van der Waals surface area contributed by atoms with Crippen molar-refractivity contribution in [1.29, 1.82) is 0 Å². The van der Waals surface area contributed by atoms with Gasteiger partial charge in [-0.3, -0.25) is 0 Å². The van der Waals surface area contributed by atoms with Crippen molar-refractivity contribution in [3.63, 3.8) is 0 Å². The SMILES string of the molecule is COc1ccccc1-c1nc2cc(C)cnc2n1CC(C)(C)N. The van der Waals surface area contributed by atoms with E-state index in [0.29, 0.717) is 6.54 Å². The fraction of sp³-hybridized carbons (Fsp3) is 0.333. The number of fused-ring (bicyclic) bond motifs is 1. The third kappa shape index (κ3) is 3.05. The zero-order chi connectivity index (χ0) is 16.6. The average molecular weight is 310 g/mol. The van der Waals surface area contributed by atoms with Crippen molar-refractivity contribution in [3.8, 4) is 17.1 Å². The van der Waals surface area contributed by atoms with Gasteiger partial charge in [0.15, 0.2) is 5.65 Å². The second-order valence-corrected chi connectivity index (χ2v) is 6.57. The number of aryl methyl sites for hydroxylation is 1. The molecule has 0 bridgehead atoms. The summed E-state index contributed by atoms with van der Waals surface area (Å²) in [6.45, 7) is 6.63. The third-order valence-electron chi connectivity index (χ3n) is 3.64. The van der Waals surface area contributed by atoms with Gasteiger partial charge < -0.3 is 15.0 Å². The van der Waals surface area contributed by atoms with Crippen LogP contribution in [0.5, 0.6) is 5.75 Å². The number of para-hydroxylation sites is 1. The van der Waals surface area contributed by atoms with Gasteiger partial charge in [-0.1, -0.05) is 12.1 Å². The van der Waals surface area contributed by atoms with Gasteiger partial charge in [-0.2, -0.15) is 0 Å². The van der Waals surface area contributed by atoms with Gasteiger partial charge in [-0.25, -0.2) is 9.97 Å². The lowest BCUT2D eigenvalue weighted by molar-refractivity contribution is 0.414. The molecule has 0 saturated heterocycles. The Morgan fingerprint density at radius 1 is 1.26 bits per heavy atom. The number of pyridine rings is 1. The minimum absolute atomic E-state index is 0.378. The van der Waals surface area contributed by atoms with Crippen molar-refractivity contribution in [2.75, 3.05) is 7.11 Å². The molecule has 0 radical (unpaired) electrons. The molecule has 0 amide bonds. The molecule has 0 unspecified atom stereocenters. The summed E-state index contributed by atoms with van der Waals surface area (Å²) in [6, 6.07) is 9.91. The number of hydrogen-bond donors (Lipinski definition) is 1. The molecule has 0 aliphatic heterocycles. The molecule has 0 aliphatic carbocycles. The molecule has 0 spiro atoms. The Bertz CT molecular complexity index is 846. The molecule has 5 nitrogen and oxygen atoms in total. The van der Waals surface area contributed by atoms with Gasteiger partial charge in [-0.05, 0) is 44.5 Å². The van der Waals surface area contributed by atoms with Crippen LogP contribution < -0.4 is 10.5 Å². The van der Waals surface area contributed by atoms with Crippen LogP contribution in [0.15, 0.2) is 36.5 Å². The highest BCUT2D eigenvalue weighted by molar-refractivity contribution is 5.79. The van der Waals surface area contributed by atoms with Gasteiger partial charge >= 0.3 is 0 Å². The summed E-state index contributed by atoms with van der Waals surface area (Å²) in [5, 5.41) is 0. The molecule has 0 saturated carbocycles. The highest BCUT2D eigenvalue weighted by Gasteiger charge is 2.21. The molecule has 5 heteroatoms. The van der Waals surface area contributed by atoms with Crippen molar-refractivity contribution in [2.24, 2.45) is 5.73 Å². The molecule has 23 heavy (non-hydrogen) atoms. The van der Waals surface area contributed by atoms with Crippen LogP contribution >= 0.6 is 0 Å². The Balaban J connectivity index is 2.28. The van der Waals surface area contributed by atoms with Crippen LogP contribution in [0, 0.1) is 6.92 Å². The smallest absolute Gasteiger partial charge is 0.160 e. The molecular formula is C18H22N4O. The largest absolute Gasteiger partial charge is 0.496 e. The summed E-state index contributed by atoms with van der Waals surface area (Å²) < 4.78 is 7.58. The number of ether oxygens (including phenoxy) is 1. The Morgan fingerprint density at radius 3 is 2.70 bits per heavy atom. The molecule has 120 valence electrons. The van der Waals surface area contributed by atoms with Crippen molar-refractivity contribution in [1.82, 2.24) is 14.5 Å². The molecular weight excluding hydrogens is 288 g/mol. The van der Waals surface area contributed by atoms with E-state index in [4.69, 9.17) is 15.5 Å². The second kappa shape index (κ2) is 5.66. The van der Waals surface area contributed by atoms with Gasteiger partial charge in [-0.15, -0.1) is 0 Å². The summed E-state index contributed by atoms with van der Waals surface area (Å²) in [5.41, 5.74) is 9.62. The number of aromatic nitrogens is 3. The van der Waals surface area contributed by atoms with Crippen LogP contribution in [-0.2, 0) is 6.54 Å². The Labute approximate surface area is 136 Å². The van der Waals surface area contributed by atoms with Gasteiger partial charge in [0, 0.05) is 18.3 Å². The van der Waals surface area contributed by atoms with Crippen LogP contribution in [0.25, 0.3) is 22.6 Å². The summed E-state index contributed by atoms with van der Waals surface area (Å²) >= 11 is 0. The molecule has 2 aromatic heterocycles. The van der Waals surface area contributed by atoms with Gasteiger partial charge in [0.1, 0.15) is 17.1 Å². The van der Waals surface area contributed by atoms with Crippen molar-refractivity contribution >= 4 is 11.2 Å². The first-order chi connectivity index (χ1) is 10.9. The summed E-state index contributed by atoms with van der Waals surface area (Å²) in [6.07, 6.45) is 1.86. The number of rotatable bonds is 4. The standard InChI is InChI=1S/C18H22N4O/c1-12-9-14-17(20-10-12)22(11-18(2,3)19)16(21-14)13-7-5-6-8-15(13)23-4/h5-10H,11,19H2,1-4H3. The van der Waals surface area contributed by atoms with E-state index in [-0.39, 0.29) is 5.54 Å². The molecule has 3 aromatic rings. The number of methoxy groups -OCH3 is 1. The van der Waals surface area contributed by atoms with Crippen molar-refractivity contribution < 1.29 is 4.74 Å². The summed E-state index contributed by atoms with van der Waals surface area (Å²) in [4.78, 5) is 9.37. The molecule has 0 fully saturated rings. The highest BCUT2D eigenvalue weighted by atomic mass is 16.5. The lowest BCUT2D eigenvalue weighted by atomic mass is 10.1. The number of benzene rings is 1. The molecule has 2 N–H and O–H groups in total. The maximum absolute atomic E-state index is 6.26. The number of nitrogens with two attached hydrogens (primary N) is 1. The quantitative estimate of drug-likeness (QED) is 0.804. The Kier molecular flexibility index (Phi) is 3.82. The fourth-order valence-corrected chi connectivity index (χ4v) is 2.70. The normalized spacial score (nSPS) is 11.9. The van der Waals surface area contributed by atoms with E-state index >= 15 is 0 Å². The Hall–Kier alpha value is -2.40. The Morgan fingerprint density at radius 2 is 2.00 bits per heavy atom. The van der Waals surface area contributed by atoms with Gasteiger partial charge in [0.25, 0.3) is 0 Å². The summed E-state index contributed by atoms with van der Waals surface area (Å²) in [7, 11) is 1.67. The first-order valence-corrected chi connectivity index (χ1v) is 7.64. The number of imidazole rings is 1. The zero-order valence-electron chi connectivity index (χ0n) is 14.0. The fourth-order valence-electron chi connectivity index (χ4n) is 2.70. The molecule has 3 rings (SSSR count). The maximum Gasteiger partial charge on any atom is 0.160 e. The monoisotopic (exact) mass is 310 g/mol. The lowest BCUT2D eigenvalue weighted by Gasteiger charge is -2.21. The van der Waals surface area contributed by atoms with Crippen LogP contribution in [0.2, 0.25) is 0 Å². The van der Waals surface area contributed by atoms with E-state index < -0.39 is 0 Å². The molecule has 2 heterocycles. The first-order valence-electron chi connectivity index (χ1n) is 7.64. The predicted octanol–water partition coefficient (Wildman–Crippen LogP) is 3.15. The first kappa shape index (κ1) is 15.5. The van der Waals surface area contributed by atoms with E-state index in [1.54, 1.807) is 7.11 Å². The average Bonchev–Trinajstić information content (AvgIpc) is 2.83. The maximum atomic E-state index is 6.26. The van der Waals surface area contributed by atoms with Crippen LogP contribution in [-0.4, -0.2) is 27.2 Å². The van der Waals surface area contributed by atoms with Crippen molar-refractivity contribution in [3.05, 3.63) is 42.1 Å². The minimum atomic E-state index is -0.378. The van der Waals surface area contributed by atoms with E-state index in [1.807, 2.05) is 57.3 Å². The number of nitrogens with zero attached hydrogens (tertiary/aromatic N) is 3. The second-order valence-electron chi connectivity index (χ2n) is 6.57. The molecule has 1 aromatic carbocycles. The van der Waals surface area contributed by atoms with E-state index in [2.05, 4.69) is 9.55 Å². The van der Waals surface area contributed by atoms with Crippen LogP contribution in [0.1, 0.15) is 19.4 Å². The van der Waals surface area contributed by atoms with Gasteiger partial charge in [0.05, 0.1) is 12.7 Å². The van der Waals surface area contributed by atoms with E-state index in [0.717, 1.165) is 33.9 Å². The third-order valence-corrected chi connectivity index (χ3v) is 3.64. The lowest BCUT2D eigenvalue weighted by Crippen LogP contribution is -2.37. The van der Waals surface area contributed by atoms with Crippen molar-refractivity contribution in [2.45, 2.75) is 32.9 Å². The van der Waals surface area contributed by atoms with E-state index in [1.165, 1.54) is 0 Å². The molecule has 0 atom stereocenters. The number of hydrogen-bond acceptors (Lipinski definition) is 4. The van der Waals surface area contributed by atoms with Crippen LogP contribution in [0.3, 0.4) is 0 Å². The molecule has 0 aliphatic rings.